The van der Waals surface area contributed by atoms with Crippen molar-refractivity contribution in [1.29, 1.82) is 0 Å². The van der Waals surface area contributed by atoms with E-state index in [1.807, 2.05) is 4.90 Å². The fourth-order valence-electron chi connectivity index (χ4n) is 1.27. The first-order chi connectivity index (χ1) is 8.22. The zero-order valence-corrected chi connectivity index (χ0v) is 9.80. The lowest BCUT2D eigenvalue weighted by atomic mass is 10.4. The minimum atomic E-state index is -0.497. The van der Waals surface area contributed by atoms with E-state index in [0.29, 0.717) is 18.9 Å². The molecule has 1 aromatic rings. The Bertz CT molecular complexity index is 391. The zero-order chi connectivity index (χ0) is 12.7. The first-order valence-electron chi connectivity index (χ1n) is 5.10. The Kier molecular flexibility index (Phi) is 4.87. The summed E-state index contributed by atoms with van der Waals surface area (Å²) < 4.78 is 4.54. The van der Waals surface area contributed by atoms with Crippen LogP contribution in [0.25, 0.3) is 0 Å². The number of carbonyl (C=O) groups excluding carboxylic acids is 1. The summed E-state index contributed by atoms with van der Waals surface area (Å²) >= 11 is 0. The van der Waals surface area contributed by atoms with Gasteiger partial charge in [-0.1, -0.05) is 12.2 Å². The highest BCUT2D eigenvalue weighted by molar-refractivity contribution is 5.86. The molecule has 0 radical (unpaired) electrons. The standard InChI is InChI=1S/C12H15N3O2/c1-4-6-15(7-5-2)11-9-13-10(8-14-11)12(16)17-3/h4-5,8-9H,1-2,6-7H2,3H3. The summed E-state index contributed by atoms with van der Waals surface area (Å²) in [5.74, 6) is 0.167. The lowest BCUT2D eigenvalue weighted by molar-refractivity contribution is 0.0593. The van der Waals surface area contributed by atoms with Gasteiger partial charge < -0.3 is 9.64 Å². The van der Waals surface area contributed by atoms with Crippen molar-refractivity contribution < 1.29 is 9.53 Å². The van der Waals surface area contributed by atoms with E-state index in [4.69, 9.17) is 0 Å². The number of aromatic nitrogens is 2. The maximum Gasteiger partial charge on any atom is 0.358 e. The Morgan fingerprint density at radius 2 is 2.00 bits per heavy atom. The van der Waals surface area contributed by atoms with Gasteiger partial charge in [0.05, 0.1) is 19.5 Å². The molecule has 0 fully saturated rings. The summed E-state index contributed by atoms with van der Waals surface area (Å²) in [5, 5.41) is 0. The summed E-state index contributed by atoms with van der Waals surface area (Å²) in [6, 6.07) is 0. The first kappa shape index (κ1) is 12.9. The summed E-state index contributed by atoms with van der Waals surface area (Å²) in [4.78, 5) is 21.2. The Balaban J connectivity index is 2.86. The highest BCUT2D eigenvalue weighted by Crippen LogP contribution is 2.09. The average Bonchev–Trinajstić information content (AvgIpc) is 2.38. The number of methoxy groups -OCH3 is 1. The lowest BCUT2D eigenvalue weighted by Gasteiger charge is -2.19. The van der Waals surface area contributed by atoms with Crippen LogP contribution in [0.5, 0.6) is 0 Å². The van der Waals surface area contributed by atoms with Crippen molar-refractivity contribution in [3.8, 4) is 0 Å². The highest BCUT2D eigenvalue weighted by atomic mass is 16.5. The van der Waals surface area contributed by atoms with Crippen molar-refractivity contribution in [3.05, 3.63) is 43.4 Å². The highest BCUT2D eigenvalue weighted by Gasteiger charge is 2.09. The number of anilines is 1. The van der Waals surface area contributed by atoms with E-state index in [0.717, 1.165) is 0 Å². The van der Waals surface area contributed by atoms with E-state index in [1.165, 1.54) is 19.5 Å². The van der Waals surface area contributed by atoms with Gasteiger partial charge in [-0.3, -0.25) is 0 Å². The van der Waals surface area contributed by atoms with Gasteiger partial charge in [0.2, 0.25) is 0 Å². The molecule has 90 valence electrons. The number of esters is 1. The lowest BCUT2D eigenvalue weighted by Crippen LogP contribution is -2.24. The number of carbonyl (C=O) groups is 1. The molecule has 0 bridgehead atoms. The van der Waals surface area contributed by atoms with Crippen molar-refractivity contribution in [2.45, 2.75) is 0 Å². The van der Waals surface area contributed by atoms with E-state index in [-0.39, 0.29) is 5.69 Å². The quantitative estimate of drug-likeness (QED) is 0.549. The Labute approximate surface area is 100 Å². The number of hydrogen-bond donors (Lipinski definition) is 0. The number of hydrogen-bond acceptors (Lipinski definition) is 5. The zero-order valence-electron chi connectivity index (χ0n) is 9.80. The van der Waals surface area contributed by atoms with Crippen LogP contribution in [0.2, 0.25) is 0 Å². The molecule has 0 N–H and O–H groups in total. The second kappa shape index (κ2) is 6.42. The molecule has 0 aliphatic rings. The topological polar surface area (TPSA) is 55.3 Å². The van der Waals surface area contributed by atoms with E-state index in [1.54, 1.807) is 12.2 Å². The van der Waals surface area contributed by atoms with E-state index in [2.05, 4.69) is 27.9 Å². The maximum atomic E-state index is 11.2. The molecule has 0 amide bonds. The molecule has 5 nitrogen and oxygen atoms in total. The van der Waals surface area contributed by atoms with Gasteiger partial charge in [-0.2, -0.15) is 0 Å². The number of nitrogens with zero attached hydrogens (tertiary/aromatic N) is 3. The van der Waals surface area contributed by atoms with E-state index >= 15 is 0 Å². The fraction of sp³-hybridized carbons (Fsp3) is 0.250. The third-order valence-corrected chi connectivity index (χ3v) is 2.06. The van der Waals surface area contributed by atoms with Crippen LogP contribution in [0.4, 0.5) is 5.82 Å². The van der Waals surface area contributed by atoms with Crippen LogP contribution in [0.15, 0.2) is 37.7 Å². The predicted molar refractivity (Wildman–Crippen MR) is 66.0 cm³/mol. The Hall–Kier alpha value is -2.17. The Morgan fingerprint density at radius 1 is 1.35 bits per heavy atom. The van der Waals surface area contributed by atoms with Crippen LogP contribution in [0.3, 0.4) is 0 Å². The third-order valence-electron chi connectivity index (χ3n) is 2.06. The molecule has 5 heteroatoms. The second-order valence-electron chi connectivity index (χ2n) is 3.23. The van der Waals surface area contributed by atoms with Crippen molar-refractivity contribution in [2.75, 3.05) is 25.1 Å². The molecule has 0 spiro atoms. The molecule has 0 saturated heterocycles. The monoisotopic (exact) mass is 233 g/mol. The second-order valence-corrected chi connectivity index (χ2v) is 3.23. The predicted octanol–water partition coefficient (Wildman–Crippen LogP) is 1.44. The molecule has 0 atom stereocenters. The van der Waals surface area contributed by atoms with Crippen molar-refractivity contribution in [3.63, 3.8) is 0 Å². The van der Waals surface area contributed by atoms with Crippen LogP contribution in [-0.4, -0.2) is 36.1 Å². The Morgan fingerprint density at radius 3 is 2.41 bits per heavy atom. The SMILES string of the molecule is C=CCN(CC=C)c1cnc(C(=O)OC)cn1. The van der Waals surface area contributed by atoms with Crippen LogP contribution < -0.4 is 4.90 Å². The van der Waals surface area contributed by atoms with Crippen LogP contribution in [0, 0.1) is 0 Å². The van der Waals surface area contributed by atoms with Gasteiger partial charge in [0.1, 0.15) is 5.82 Å². The molecule has 17 heavy (non-hydrogen) atoms. The molecule has 1 aromatic heterocycles. The van der Waals surface area contributed by atoms with Gasteiger partial charge in [0, 0.05) is 13.1 Å². The molecule has 0 aromatic carbocycles. The fourth-order valence-corrected chi connectivity index (χ4v) is 1.27. The maximum absolute atomic E-state index is 11.2. The smallest absolute Gasteiger partial charge is 0.358 e. The molecule has 1 rings (SSSR count). The molecular weight excluding hydrogens is 218 g/mol. The normalized spacial score (nSPS) is 9.47. The van der Waals surface area contributed by atoms with E-state index in [9.17, 15) is 4.79 Å². The number of rotatable bonds is 6. The van der Waals surface area contributed by atoms with E-state index < -0.39 is 5.97 Å². The summed E-state index contributed by atoms with van der Waals surface area (Å²) in [5.41, 5.74) is 0.188. The molecule has 0 unspecified atom stereocenters. The van der Waals surface area contributed by atoms with Crippen molar-refractivity contribution in [2.24, 2.45) is 0 Å². The largest absolute Gasteiger partial charge is 0.464 e. The molecule has 0 aliphatic carbocycles. The van der Waals surface area contributed by atoms with Gasteiger partial charge >= 0.3 is 5.97 Å². The summed E-state index contributed by atoms with van der Waals surface area (Å²) in [6.07, 6.45) is 6.44. The van der Waals surface area contributed by atoms with Gasteiger partial charge in [-0.15, -0.1) is 13.2 Å². The van der Waals surface area contributed by atoms with Crippen LogP contribution in [-0.2, 0) is 4.74 Å². The van der Waals surface area contributed by atoms with Crippen molar-refractivity contribution >= 4 is 11.8 Å². The average molecular weight is 233 g/mol. The van der Waals surface area contributed by atoms with Gasteiger partial charge in [-0.25, -0.2) is 14.8 Å². The van der Waals surface area contributed by atoms with Gasteiger partial charge in [0.25, 0.3) is 0 Å². The van der Waals surface area contributed by atoms with Gasteiger partial charge in [-0.05, 0) is 0 Å². The summed E-state index contributed by atoms with van der Waals surface area (Å²) in [6.45, 7) is 8.61. The molecule has 0 saturated carbocycles. The third kappa shape index (κ3) is 3.41. The summed E-state index contributed by atoms with van der Waals surface area (Å²) in [7, 11) is 1.31. The molecule has 0 aliphatic heterocycles. The van der Waals surface area contributed by atoms with Crippen LogP contribution in [0.1, 0.15) is 10.5 Å². The minimum Gasteiger partial charge on any atom is -0.464 e. The molecular formula is C12H15N3O2. The number of ether oxygens (including phenoxy) is 1. The van der Waals surface area contributed by atoms with Crippen molar-refractivity contribution in [1.82, 2.24) is 9.97 Å². The first-order valence-corrected chi connectivity index (χ1v) is 5.10. The minimum absolute atomic E-state index is 0.188. The van der Waals surface area contributed by atoms with Crippen LogP contribution >= 0.6 is 0 Å². The molecule has 1 heterocycles. The van der Waals surface area contributed by atoms with Gasteiger partial charge in [0.15, 0.2) is 5.69 Å².